The number of aryl methyl sites for hydroxylation is 2. The lowest BCUT2D eigenvalue weighted by Crippen LogP contribution is -2.53. The van der Waals surface area contributed by atoms with Crippen LogP contribution in [-0.2, 0) is 43.7 Å². The molecule has 0 bridgehead atoms. The monoisotopic (exact) mass is 827 g/mol. The lowest BCUT2D eigenvalue weighted by molar-refractivity contribution is -0.151. The van der Waals surface area contributed by atoms with Crippen LogP contribution in [0.2, 0.25) is 0 Å². The second kappa shape index (κ2) is 18.1. The van der Waals surface area contributed by atoms with Gasteiger partial charge in [0.2, 0.25) is 5.91 Å². The number of nitrogens with zero attached hydrogens (tertiary/aromatic N) is 6. The van der Waals surface area contributed by atoms with Gasteiger partial charge >= 0.3 is 23.8 Å². The molecule has 0 saturated carbocycles. The zero-order valence-electron chi connectivity index (χ0n) is 34.8. The Morgan fingerprint density at radius 1 is 0.867 bits per heavy atom. The van der Waals surface area contributed by atoms with Crippen LogP contribution >= 0.6 is 0 Å². The van der Waals surface area contributed by atoms with Gasteiger partial charge in [-0.2, -0.15) is 0 Å². The first-order valence-corrected chi connectivity index (χ1v) is 21.7. The van der Waals surface area contributed by atoms with Crippen LogP contribution in [0.25, 0.3) is 11.1 Å². The number of aromatic nitrogens is 1. The summed E-state index contributed by atoms with van der Waals surface area (Å²) in [5.74, 6) is -0.836. The Balaban J connectivity index is 0.891. The summed E-state index contributed by atoms with van der Waals surface area (Å²) < 4.78 is 18.8. The van der Waals surface area contributed by atoms with E-state index < -0.39 is 18.0 Å². The molecular formula is C44H57N7O9. The number of para-hydroxylation sites is 1. The summed E-state index contributed by atoms with van der Waals surface area (Å²) in [6.07, 6.45) is 5.33. The number of likely N-dealkylation sites (tertiary alicyclic amines) is 4. The smallest absolute Gasteiger partial charge is 0.419 e. The number of piperidine rings is 2. The van der Waals surface area contributed by atoms with Crippen LogP contribution in [0, 0.1) is 6.92 Å². The maximum absolute atomic E-state index is 14.4. The molecule has 0 unspecified atom stereocenters. The number of nitrogens with one attached hydrogen (secondary N) is 1. The number of oxazole rings is 1. The van der Waals surface area contributed by atoms with Crippen LogP contribution in [0.5, 0.6) is 0 Å². The van der Waals surface area contributed by atoms with E-state index in [2.05, 4.69) is 10.2 Å². The highest BCUT2D eigenvalue weighted by atomic mass is 16.6. The van der Waals surface area contributed by atoms with Gasteiger partial charge in [0.25, 0.3) is 5.91 Å². The van der Waals surface area contributed by atoms with Gasteiger partial charge in [0, 0.05) is 83.5 Å². The van der Waals surface area contributed by atoms with E-state index in [0.717, 1.165) is 55.6 Å². The van der Waals surface area contributed by atoms with Crippen molar-refractivity contribution in [3.63, 3.8) is 0 Å². The molecule has 6 heterocycles. The minimum Gasteiger partial charge on any atom is -0.464 e. The number of amides is 5. The van der Waals surface area contributed by atoms with Crippen molar-refractivity contribution < 1.29 is 37.9 Å². The minimum atomic E-state index is -1.13. The van der Waals surface area contributed by atoms with Crippen LogP contribution in [0.1, 0.15) is 74.5 Å². The van der Waals surface area contributed by atoms with E-state index in [1.165, 1.54) is 4.57 Å². The number of carbonyl (C=O) groups excluding carboxylic acids is 5. The van der Waals surface area contributed by atoms with Crippen molar-refractivity contribution in [2.45, 2.75) is 102 Å². The molecule has 4 saturated heterocycles. The van der Waals surface area contributed by atoms with Crippen LogP contribution in [0.3, 0.4) is 0 Å². The van der Waals surface area contributed by atoms with Crippen molar-refractivity contribution in [3.8, 4) is 0 Å². The maximum atomic E-state index is 14.4. The highest BCUT2D eigenvalue weighted by molar-refractivity contribution is 5.91. The fourth-order valence-corrected chi connectivity index (χ4v) is 9.95. The van der Waals surface area contributed by atoms with Gasteiger partial charge in [-0.15, -0.1) is 0 Å². The molecule has 0 radical (unpaired) electrons. The number of hydrogen-bond donors (Lipinski definition) is 1. The quantitative estimate of drug-likeness (QED) is 0.220. The predicted octanol–water partition coefficient (Wildman–Crippen LogP) is 4.05. The third kappa shape index (κ3) is 8.89. The first-order chi connectivity index (χ1) is 29.0. The number of rotatable bonds is 11. The maximum Gasteiger partial charge on any atom is 0.419 e. The molecule has 322 valence electrons. The minimum absolute atomic E-state index is 0.0406. The van der Waals surface area contributed by atoms with E-state index >= 15 is 0 Å². The number of hydrogen-bond acceptors (Lipinski definition) is 10. The average Bonchev–Trinajstić information content (AvgIpc) is 3.95. The van der Waals surface area contributed by atoms with Gasteiger partial charge in [0.1, 0.15) is 6.04 Å². The third-order valence-corrected chi connectivity index (χ3v) is 13.2. The Morgan fingerprint density at radius 3 is 2.38 bits per heavy atom. The Hall–Kier alpha value is -5.38. The molecule has 5 aliphatic rings. The Morgan fingerprint density at radius 2 is 1.62 bits per heavy atom. The van der Waals surface area contributed by atoms with E-state index in [9.17, 15) is 28.8 Å². The van der Waals surface area contributed by atoms with Crippen LogP contribution in [0.4, 0.5) is 15.3 Å². The number of carbonyl (C=O) groups is 5. The van der Waals surface area contributed by atoms with Crippen LogP contribution in [0.15, 0.2) is 45.6 Å². The van der Waals surface area contributed by atoms with E-state index in [1.54, 1.807) is 22.9 Å². The molecular weight excluding hydrogens is 771 g/mol. The zero-order chi connectivity index (χ0) is 41.9. The lowest BCUT2D eigenvalue weighted by Gasteiger charge is -2.40. The van der Waals surface area contributed by atoms with Gasteiger partial charge in [-0.3, -0.25) is 23.9 Å². The second-order valence-corrected chi connectivity index (χ2v) is 17.0. The molecule has 1 N–H and O–H groups in total. The number of fused-ring (bicyclic) bond motifs is 2. The largest absolute Gasteiger partial charge is 0.464 e. The summed E-state index contributed by atoms with van der Waals surface area (Å²) in [4.78, 5) is 88.3. The predicted molar refractivity (Wildman–Crippen MR) is 221 cm³/mol. The highest BCUT2D eigenvalue weighted by Gasteiger charge is 2.40. The molecule has 2 aromatic carbocycles. The number of ether oxygens (including phenoxy) is 2. The lowest BCUT2D eigenvalue weighted by atomic mass is 9.99. The molecule has 8 rings (SSSR count). The molecule has 3 aromatic rings. The molecule has 0 aliphatic carbocycles. The van der Waals surface area contributed by atoms with Crippen molar-refractivity contribution in [1.82, 2.24) is 29.1 Å². The Bertz CT molecular complexity index is 2150. The molecule has 60 heavy (non-hydrogen) atoms. The molecule has 1 aromatic heterocycles. The van der Waals surface area contributed by atoms with E-state index in [1.807, 2.05) is 47.1 Å². The summed E-state index contributed by atoms with van der Waals surface area (Å²) in [6, 6.07) is 11.0. The number of benzene rings is 2. The fourth-order valence-electron chi connectivity index (χ4n) is 9.95. The van der Waals surface area contributed by atoms with Crippen molar-refractivity contribution in [2.24, 2.45) is 7.05 Å². The molecule has 5 amide bonds. The molecule has 16 heteroatoms. The average molecular weight is 828 g/mol. The molecule has 2 atom stereocenters. The van der Waals surface area contributed by atoms with Crippen molar-refractivity contribution in [3.05, 3.63) is 63.6 Å². The van der Waals surface area contributed by atoms with Crippen molar-refractivity contribution in [1.29, 1.82) is 0 Å². The normalized spacial score (nSPS) is 21.3. The number of anilines is 1. The van der Waals surface area contributed by atoms with Gasteiger partial charge in [-0.25, -0.2) is 14.4 Å². The first kappa shape index (κ1) is 41.4. The SMILES string of the molecule is Cc1cc(C[C@@H](OC(=O)N2CCC(N3CCc4ccccc4NC3=O)CC2)C(=O)N2CCC(N3CCC[C@H]3C(=O)OCCCN3CCCC3=O)CC2)cc2oc(=O)n(C)c12. The van der Waals surface area contributed by atoms with Gasteiger partial charge in [0.15, 0.2) is 11.7 Å². The number of esters is 1. The standard InChI is InChI=1S/C44H57N7O9/c1-29-26-30(27-36-39(29)46(2)43(56)59-36)28-37(60-44(57)49-22-15-33(16-23-49)51-24-12-31-8-3-4-9-34(31)45-42(51)55)40(53)48-20-13-32(14-21-48)50-19-5-10-35(50)41(54)58-25-7-18-47-17-6-11-38(47)52/h3-4,8-9,26-27,32-33,35,37H,5-7,10-25,28H2,1-2H3,(H,45,55)/t35-,37+/m0/s1. The first-order valence-electron chi connectivity index (χ1n) is 21.7. The number of urea groups is 1. The fraction of sp³-hybridized carbons (Fsp3) is 0.591. The Labute approximate surface area is 349 Å². The van der Waals surface area contributed by atoms with Gasteiger partial charge in [-0.05, 0) is 100 Å². The summed E-state index contributed by atoms with van der Waals surface area (Å²) in [5.41, 5.74) is 4.50. The second-order valence-electron chi connectivity index (χ2n) is 17.0. The molecule has 5 aliphatic heterocycles. The van der Waals surface area contributed by atoms with E-state index in [-0.39, 0.29) is 55.0 Å². The summed E-state index contributed by atoms with van der Waals surface area (Å²) in [6.45, 7) is 6.55. The third-order valence-electron chi connectivity index (χ3n) is 13.2. The van der Waals surface area contributed by atoms with Gasteiger partial charge in [0.05, 0.1) is 12.1 Å². The highest BCUT2D eigenvalue weighted by Crippen LogP contribution is 2.29. The molecule has 0 spiro atoms. The molecule has 4 fully saturated rings. The van der Waals surface area contributed by atoms with Crippen molar-refractivity contribution >= 4 is 46.7 Å². The van der Waals surface area contributed by atoms with E-state index in [4.69, 9.17) is 13.9 Å². The summed E-state index contributed by atoms with van der Waals surface area (Å²) >= 11 is 0. The van der Waals surface area contributed by atoms with Gasteiger partial charge in [-0.1, -0.05) is 24.3 Å². The Kier molecular flexibility index (Phi) is 12.5. The zero-order valence-corrected chi connectivity index (χ0v) is 34.8. The topological polar surface area (TPSA) is 167 Å². The van der Waals surface area contributed by atoms with Crippen LogP contribution < -0.4 is 11.1 Å². The van der Waals surface area contributed by atoms with E-state index in [0.29, 0.717) is 94.5 Å². The van der Waals surface area contributed by atoms with Gasteiger partial charge < -0.3 is 38.8 Å². The summed E-state index contributed by atoms with van der Waals surface area (Å²) in [5, 5.41) is 3.04. The van der Waals surface area contributed by atoms with Crippen LogP contribution in [-0.4, -0.2) is 142 Å². The van der Waals surface area contributed by atoms with Crippen molar-refractivity contribution in [2.75, 3.05) is 64.3 Å². The molecule has 16 nitrogen and oxygen atoms in total. The summed E-state index contributed by atoms with van der Waals surface area (Å²) in [7, 11) is 1.65.